The third kappa shape index (κ3) is 8.00. The van der Waals surface area contributed by atoms with Crippen molar-refractivity contribution in [3.8, 4) is 0 Å². The lowest BCUT2D eigenvalue weighted by molar-refractivity contribution is 0.0657. The van der Waals surface area contributed by atoms with Gasteiger partial charge in [-0.15, -0.1) is 24.0 Å². The van der Waals surface area contributed by atoms with E-state index in [0.717, 1.165) is 25.6 Å². The fourth-order valence-corrected chi connectivity index (χ4v) is 3.73. The zero-order chi connectivity index (χ0) is 21.3. The Hall–Kier alpha value is -1.80. The van der Waals surface area contributed by atoms with Crippen molar-refractivity contribution < 1.29 is 4.74 Å². The maximum Gasteiger partial charge on any atom is 0.191 e. The highest BCUT2D eigenvalue weighted by molar-refractivity contribution is 14.0. The molecular weight excluding hydrogens is 499 g/mol. The molecule has 170 valence electrons. The van der Waals surface area contributed by atoms with E-state index >= 15 is 0 Å². The van der Waals surface area contributed by atoms with Crippen molar-refractivity contribution in [2.45, 2.75) is 58.9 Å². The normalized spacial score (nSPS) is 15.0. The summed E-state index contributed by atoms with van der Waals surface area (Å²) in [5.41, 5.74) is 5.00. The molecule has 0 radical (unpaired) electrons. The van der Waals surface area contributed by atoms with E-state index in [1.165, 1.54) is 35.2 Å². The number of nitrogens with one attached hydrogen (secondary N) is 2. The lowest BCUT2D eigenvalue weighted by Gasteiger charge is -2.22. The van der Waals surface area contributed by atoms with Gasteiger partial charge in [-0.2, -0.15) is 0 Å². The molecule has 1 aliphatic heterocycles. The van der Waals surface area contributed by atoms with E-state index in [0.29, 0.717) is 6.61 Å². The molecule has 1 fully saturated rings. The first-order chi connectivity index (χ1) is 14.5. The quantitative estimate of drug-likeness (QED) is 0.275. The molecule has 0 saturated carbocycles. The zero-order valence-corrected chi connectivity index (χ0v) is 21.6. The molecule has 1 atom stereocenters. The molecule has 1 heterocycles. The molecule has 6 heteroatoms. The monoisotopic (exact) mass is 536 g/mol. The number of benzene rings is 2. The Morgan fingerprint density at radius 3 is 2.45 bits per heavy atom. The third-order valence-electron chi connectivity index (χ3n) is 5.45. The molecule has 0 aliphatic carbocycles. The number of hydrogen-bond acceptors (Lipinski definition) is 3. The fourth-order valence-electron chi connectivity index (χ4n) is 3.73. The number of ether oxygens (including phenoxy) is 1. The molecule has 0 spiro atoms. The van der Waals surface area contributed by atoms with Gasteiger partial charge in [0.2, 0.25) is 0 Å². The number of nitrogens with zero attached hydrogens (tertiary/aromatic N) is 2. The standard InChI is InChI=1S/C25H36N4O.HI/c1-19(2)30-18-22-10-7-9-21(15-22)17-27-25(26-4)28-20(3)23-11-8-12-24(16-23)29-13-5-6-14-29;/h7-12,15-16,19-20H,5-6,13-14,17-18H2,1-4H3,(H2,26,27,28);1H. The Morgan fingerprint density at radius 1 is 1.03 bits per heavy atom. The van der Waals surface area contributed by atoms with Crippen LogP contribution >= 0.6 is 24.0 Å². The van der Waals surface area contributed by atoms with E-state index < -0.39 is 0 Å². The number of rotatable bonds is 8. The van der Waals surface area contributed by atoms with Crippen molar-refractivity contribution in [1.82, 2.24) is 10.6 Å². The first-order valence-corrected chi connectivity index (χ1v) is 11.1. The molecule has 0 aromatic heterocycles. The molecule has 31 heavy (non-hydrogen) atoms. The van der Waals surface area contributed by atoms with E-state index in [1.54, 1.807) is 0 Å². The summed E-state index contributed by atoms with van der Waals surface area (Å²) in [6, 6.07) is 17.5. The van der Waals surface area contributed by atoms with Crippen LogP contribution in [0.4, 0.5) is 5.69 Å². The topological polar surface area (TPSA) is 48.9 Å². The molecule has 2 aromatic rings. The molecule has 0 bridgehead atoms. The molecule has 5 nitrogen and oxygen atoms in total. The van der Waals surface area contributed by atoms with Crippen molar-refractivity contribution in [2.24, 2.45) is 4.99 Å². The maximum absolute atomic E-state index is 5.72. The first kappa shape index (κ1) is 25.5. The Balaban J connectivity index is 0.00000341. The summed E-state index contributed by atoms with van der Waals surface area (Å²) < 4.78 is 5.72. The smallest absolute Gasteiger partial charge is 0.191 e. The molecule has 3 rings (SSSR count). The van der Waals surface area contributed by atoms with Gasteiger partial charge in [-0.25, -0.2) is 0 Å². The minimum Gasteiger partial charge on any atom is -0.374 e. The lowest BCUT2D eigenvalue weighted by atomic mass is 10.1. The highest BCUT2D eigenvalue weighted by Gasteiger charge is 2.14. The van der Waals surface area contributed by atoms with E-state index in [1.807, 2.05) is 7.05 Å². The van der Waals surface area contributed by atoms with Gasteiger partial charge in [0.15, 0.2) is 5.96 Å². The number of hydrogen-bond donors (Lipinski definition) is 2. The Bertz CT molecular complexity index is 834. The largest absolute Gasteiger partial charge is 0.374 e. The van der Waals surface area contributed by atoms with Crippen LogP contribution in [0.2, 0.25) is 0 Å². The van der Waals surface area contributed by atoms with Gasteiger partial charge in [0.25, 0.3) is 0 Å². The molecule has 0 amide bonds. The van der Waals surface area contributed by atoms with E-state index in [-0.39, 0.29) is 36.1 Å². The Morgan fingerprint density at radius 2 is 1.74 bits per heavy atom. The average Bonchev–Trinajstić information content (AvgIpc) is 3.30. The predicted octanol–water partition coefficient (Wildman–Crippen LogP) is 5.26. The van der Waals surface area contributed by atoms with Crippen LogP contribution in [0, 0.1) is 0 Å². The Kier molecular flexibility index (Phi) is 10.6. The van der Waals surface area contributed by atoms with Crippen LogP contribution in [0.3, 0.4) is 0 Å². The summed E-state index contributed by atoms with van der Waals surface area (Å²) in [6.45, 7) is 9.98. The third-order valence-corrected chi connectivity index (χ3v) is 5.45. The Labute approximate surface area is 204 Å². The summed E-state index contributed by atoms with van der Waals surface area (Å²) in [5, 5.41) is 6.96. The number of anilines is 1. The van der Waals surface area contributed by atoms with E-state index in [9.17, 15) is 0 Å². The number of aliphatic imine (C=N–C) groups is 1. The summed E-state index contributed by atoms with van der Waals surface area (Å²) >= 11 is 0. The van der Waals surface area contributed by atoms with Crippen LogP contribution in [0.5, 0.6) is 0 Å². The lowest BCUT2D eigenvalue weighted by Crippen LogP contribution is -2.38. The average molecular weight is 537 g/mol. The minimum atomic E-state index is 0. The summed E-state index contributed by atoms with van der Waals surface area (Å²) in [5.74, 6) is 0.804. The van der Waals surface area contributed by atoms with Gasteiger partial charge < -0.3 is 20.3 Å². The van der Waals surface area contributed by atoms with Crippen molar-refractivity contribution in [3.05, 3.63) is 65.2 Å². The van der Waals surface area contributed by atoms with E-state index in [4.69, 9.17) is 4.74 Å². The summed E-state index contributed by atoms with van der Waals surface area (Å²) in [6.07, 6.45) is 2.82. The van der Waals surface area contributed by atoms with Crippen LogP contribution in [-0.4, -0.2) is 32.2 Å². The van der Waals surface area contributed by atoms with Crippen LogP contribution in [0.25, 0.3) is 0 Å². The fraction of sp³-hybridized carbons (Fsp3) is 0.480. The summed E-state index contributed by atoms with van der Waals surface area (Å²) in [4.78, 5) is 6.88. The highest BCUT2D eigenvalue weighted by Crippen LogP contribution is 2.24. The van der Waals surface area contributed by atoms with Crippen LogP contribution < -0.4 is 15.5 Å². The van der Waals surface area contributed by atoms with Gasteiger partial charge in [0, 0.05) is 32.4 Å². The molecular formula is C25H37IN4O. The SMILES string of the molecule is CN=C(NCc1cccc(COC(C)C)c1)NC(C)c1cccc(N2CCCC2)c1.I. The predicted molar refractivity (Wildman–Crippen MR) is 141 cm³/mol. The second kappa shape index (κ2) is 12.9. The number of halogens is 1. The van der Waals surface area contributed by atoms with Crippen LogP contribution in [0.15, 0.2) is 53.5 Å². The molecule has 1 saturated heterocycles. The van der Waals surface area contributed by atoms with Gasteiger partial charge in [-0.1, -0.05) is 36.4 Å². The second-order valence-electron chi connectivity index (χ2n) is 8.26. The van der Waals surface area contributed by atoms with Crippen LogP contribution in [0.1, 0.15) is 56.3 Å². The van der Waals surface area contributed by atoms with Gasteiger partial charge in [0.1, 0.15) is 0 Å². The summed E-state index contributed by atoms with van der Waals surface area (Å²) in [7, 11) is 1.82. The van der Waals surface area contributed by atoms with Crippen LogP contribution in [-0.2, 0) is 17.9 Å². The zero-order valence-electron chi connectivity index (χ0n) is 19.2. The molecule has 1 aliphatic rings. The highest BCUT2D eigenvalue weighted by atomic mass is 127. The molecule has 2 aromatic carbocycles. The molecule has 1 unspecified atom stereocenters. The molecule has 2 N–H and O–H groups in total. The maximum atomic E-state index is 5.72. The van der Waals surface area contributed by atoms with Gasteiger partial charge in [-0.3, -0.25) is 4.99 Å². The van der Waals surface area contributed by atoms with Crippen molar-refractivity contribution in [2.75, 3.05) is 25.0 Å². The van der Waals surface area contributed by atoms with Gasteiger partial charge in [0.05, 0.1) is 18.8 Å². The minimum absolute atomic E-state index is 0. The van der Waals surface area contributed by atoms with Crippen molar-refractivity contribution in [1.29, 1.82) is 0 Å². The van der Waals surface area contributed by atoms with Crippen molar-refractivity contribution >= 4 is 35.6 Å². The van der Waals surface area contributed by atoms with E-state index in [2.05, 4.69) is 89.8 Å². The first-order valence-electron chi connectivity index (χ1n) is 11.1. The van der Waals surface area contributed by atoms with Gasteiger partial charge >= 0.3 is 0 Å². The van der Waals surface area contributed by atoms with Gasteiger partial charge in [-0.05, 0) is 62.4 Å². The van der Waals surface area contributed by atoms with Crippen molar-refractivity contribution in [3.63, 3.8) is 0 Å². The number of guanidine groups is 1. The second-order valence-corrected chi connectivity index (χ2v) is 8.26.